The van der Waals surface area contributed by atoms with Gasteiger partial charge in [-0.15, -0.1) is 0 Å². The van der Waals surface area contributed by atoms with Gasteiger partial charge in [-0.1, -0.05) is 29.8 Å². The number of esters is 1. The Kier molecular flexibility index (Phi) is 3.65. The first-order valence-corrected chi connectivity index (χ1v) is 4.44. The summed E-state index contributed by atoms with van der Waals surface area (Å²) in [7, 11) is 1.32. The quantitative estimate of drug-likeness (QED) is 0.736. The number of rotatable bonds is 3. The van der Waals surface area contributed by atoms with Crippen LogP contribution in [-0.2, 0) is 9.53 Å². The summed E-state index contributed by atoms with van der Waals surface area (Å²) < 4.78 is 4.59. The Balaban J connectivity index is 2.89. The van der Waals surface area contributed by atoms with Gasteiger partial charge in [0.25, 0.3) is 0 Å². The summed E-state index contributed by atoms with van der Waals surface area (Å²) in [4.78, 5) is 11.2. The van der Waals surface area contributed by atoms with E-state index in [1.165, 1.54) is 7.11 Å². The van der Waals surface area contributed by atoms with Crippen molar-refractivity contribution in [2.75, 3.05) is 13.7 Å². The summed E-state index contributed by atoms with van der Waals surface area (Å²) in [6, 6.07) is 7.46. The molecule has 1 aromatic carbocycles. The number of aliphatic hydroxyl groups is 1. The molecule has 1 atom stereocenters. The second kappa shape index (κ2) is 4.77. The molecule has 0 bridgehead atoms. The summed E-state index contributed by atoms with van der Waals surface area (Å²) in [5.74, 6) is -0.975. The molecule has 0 amide bonds. The molecule has 0 aliphatic heterocycles. The standard InChI is InChI=1S/C11H14O3/c1-8-3-5-9(6-4-8)10(7-12)11(13)14-2/h3-6,10,12H,7H2,1-2H3. The second-order valence-corrected chi connectivity index (χ2v) is 3.17. The summed E-state index contributed by atoms with van der Waals surface area (Å²) in [6.45, 7) is 1.74. The van der Waals surface area contributed by atoms with Gasteiger partial charge >= 0.3 is 5.97 Å². The Labute approximate surface area is 83.3 Å². The van der Waals surface area contributed by atoms with Crippen molar-refractivity contribution in [1.29, 1.82) is 0 Å². The minimum absolute atomic E-state index is 0.226. The number of hydrogen-bond donors (Lipinski definition) is 1. The minimum atomic E-state index is -0.569. The number of methoxy groups -OCH3 is 1. The van der Waals surface area contributed by atoms with Crippen LogP contribution in [0.3, 0.4) is 0 Å². The molecule has 1 aromatic rings. The van der Waals surface area contributed by atoms with Gasteiger partial charge in [-0.2, -0.15) is 0 Å². The monoisotopic (exact) mass is 194 g/mol. The highest BCUT2D eigenvalue weighted by Gasteiger charge is 2.19. The largest absolute Gasteiger partial charge is 0.468 e. The third-order valence-corrected chi connectivity index (χ3v) is 2.15. The smallest absolute Gasteiger partial charge is 0.315 e. The molecule has 0 saturated heterocycles. The molecule has 3 nitrogen and oxygen atoms in total. The average molecular weight is 194 g/mol. The second-order valence-electron chi connectivity index (χ2n) is 3.17. The zero-order valence-corrected chi connectivity index (χ0v) is 8.36. The van der Waals surface area contributed by atoms with E-state index in [1.54, 1.807) is 0 Å². The zero-order chi connectivity index (χ0) is 10.6. The van der Waals surface area contributed by atoms with Gasteiger partial charge in [-0.25, -0.2) is 0 Å². The summed E-state index contributed by atoms with van der Waals surface area (Å²) >= 11 is 0. The molecular formula is C11H14O3. The Hall–Kier alpha value is -1.35. The van der Waals surface area contributed by atoms with E-state index in [0.717, 1.165) is 11.1 Å². The van der Waals surface area contributed by atoms with Crippen LogP contribution in [0.25, 0.3) is 0 Å². The first-order chi connectivity index (χ1) is 6.69. The maximum absolute atomic E-state index is 11.2. The van der Waals surface area contributed by atoms with E-state index in [-0.39, 0.29) is 6.61 Å². The molecule has 0 saturated carbocycles. The minimum Gasteiger partial charge on any atom is -0.468 e. The number of aryl methyl sites for hydroxylation is 1. The van der Waals surface area contributed by atoms with E-state index >= 15 is 0 Å². The first-order valence-electron chi connectivity index (χ1n) is 4.44. The van der Waals surface area contributed by atoms with Gasteiger partial charge in [0.15, 0.2) is 0 Å². The molecule has 3 heteroatoms. The van der Waals surface area contributed by atoms with Crippen molar-refractivity contribution in [2.45, 2.75) is 12.8 Å². The van der Waals surface area contributed by atoms with Crippen LogP contribution in [0.1, 0.15) is 17.0 Å². The lowest BCUT2D eigenvalue weighted by Gasteiger charge is -2.11. The topological polar surface area (TPSA) is 46.5 Å². The molecule has 76 valence electrons. The Bertz CT molecular complexity index is 303. The highest BCUT2D eigenvalue weighted by atomic mass is 16.5. The van der Waals surface area contributed by atoms with E-state index in [1.807, 2.05) is 31.2 Å². The van der Waals surface area contributed by atoms with Crippen molar-refractivity contribution >= 4 is 5.97 Å². The highest BCUT2D eigenvalue weighted by molar-refractivity contribution is 5.78. The molecule has 14 heavy (non-hydrogen) atoms. The van der Waals surface area contributed by atoms with Crippen molar-refractivity contribution < 1.29 is 14.6 Å². The summed E-state index contributed by atoms with van der Waals surface area (Å²) in [5.41, 5.74) is 1.90. The molecule has 0 radical (unpaired) electrons. The van der Waals surface area contributed by atoms with Crippen LogP contribution in [0.15, 0.2) is 24.3 Å². The summed E-state index contributed by atoms with van der Waals surface area (Å²) in [6.07, 6.45) is 0. The first kappa shape index (κ1) is 10.7. The lowest BCUT2D eigenvalue weighted by molar-refractivity contribution is -0.143. The average Bonchev–Trinajstić information content (AvgIpc) is 2.21. The lowest BCUT2D eigenvalue weighted by Crippen LogP contribution is -2.17. The van der Waals surface area contributed by atoms with Gasteiger partial charge < -0.3 is 9.84 Å². The van der Waals surface area contributed by atoms with E-state index in [0.29, 0.717) is 0 Å². The Morgan fingerprint density at radius 1 is 1.43 bits per heavy atom. The van der Waals surface area contributed by atoms with Gasteiger partial charge in [0.05, 0.1) is 13.7 Å². The van der Waals surface area contributed by atoms with Crippen molar-refractivity contribution in [1.82, 2.24) is 0 Å². The number of carbonyl (C=O) groups excluding carboxylic acids is 1. The van der Waals surface area contributed by atoms with E-state index in [4.69, 9.17) is 5.11 Å². The number of benzene rings is 1. The Morgan fingerprint density at radius 3 is 2.43 bits per heavy atom. The molecule has 0 aliphatic carbocycles. The van der Waals surface area contributed by atoms with Crippen molar-refractivity contribution in [3.8, 4) is 0 Å². The fourth-order valence-electron chi connectivity index (χ4n) is 1.26. The molecule has 0 spiro atoms. The van der Waals surface area contributed by atoms with Crippen molar-refractivity contribution in [3.63, 3.8) is 0 Å². The van der Waals surface area contributed by atoms with Crippen LogP contribution in [0.5, 0.6) is 0 Å². The van der Waals surface area contributed by atoms with Crippen LogP contribution in [-0.4, -0.2) is 24.8 Å². The SMILES string of the molecule is COC(=O)C(CO)c1ccc(C)cc1. The molecule has 0 fully saturated rings. The third kappa shape index (κ3) is 2.33. The Morgan fingerprint density at radius 2 is 2.00 bits per heavy atom. The van der Waals surface area contributed by atoms with Gasteiger partial charge in [0.2, 0.25) is 0 Å². The van der Waals surface area contributed by atoms with Gasteiger partial charge in [0.1, 0.15) is 5.92 Å². The maximum atomic E-state index is 11.2. The van der Waals surface area contributed by atoms with Crippen LogP contribution in [0.4, 0.5) is 0 Å². The molecule has 1 N–H and O–H groups in total. The number of ether oxygens (including phenoxy) is 1. The fourth-order valence-corrected chi connectivity index (χ4v) is 1.26. The normalized spacial score (nSPS) is 12.2. The molecule has 0 heterocycles. The number of carbonyl (C=O) groups is 1. The van der Waals surface area contributed by atoms with Crippen LogP contribution in [0, 0.1) is 6.92 Å². The van der Waals surface area contributed by atoms with E-state index < -0.39 is 11.9 Å². The van der Waals surface area contributed by atoms with E-state index in [2.05, 4.69) is 4.74 Å². The van der Waals surface area contributed by atoms with Gasteiger partial charge in [0, 0.05) is 0 Å². The lowest BCUT2D eigenvalue weighted by atomic mass is 9.99. The molecular weight excluding hydrogens is 180 g/mol. The van der Waals surface area contributed by atoms with Crippen LogP contribution in [0.2, 0.25) is 0 Å². The fraction of sp³-hybridized carbons (Fsp3) is 0.364. The maximum Gasteiger partial charge on any atom is 0.315 e. The molecule has 0 aromatic heterocycles. The van der Waals surface area contributed by atoms with Gasteiger partial charge in [-0.05, 0) is 12.5 Å². The molecule has 0 aliphatic rings. The summed E-state index contributed by atoms with van der Waals surface area (Å²) in [5, 5.41) is 9.05. The van der Waals surface area contributed by atoms with Crippen molar-refractivity contribution in [3.05, 3.63) is 35.4 Å². The van der Waals surface area contributed by atoms with Crippen LogP contribution < -0.4 is 0 Å². The third-order valence-electron chi connectivity index (χ3n) is 2.15. The number of hydrogen-bond acceptors (Lipinski definition) is 3. The molecule has 1 unspecified atom stereocenters. The predicted molar refractivity (Wildman–Crippen MR) is 53.0 cm³/mol. The van der Waals surface area contributed by atoms with E-state index in [9.17, 15) is 4.79 Å². The van der Waals surface area contributed by atoms with Crippen molar-refractivity contribution in [2.24, 2.45) is 0 Å². The highest BCUT2D eigenvalue weighted by Crippen LogP contribution is 2.17. The number of aliphatic hydroxyl groups excluding tert-OH is 1. The molecule has 1 rings (SSSR count). The predicted octanol–water partition coefficient (Wildman–Crippen LogP) is 1.24. The zero-order valence-electron chi connectivity index (χ0n) is 8.36. The van der Waals surface area contributed by atoms with Crippen LogP contribution >= 0.6 is 0 Å². The van der Waals surface area contributed by atoms with Gasteiger partial charge in [-0.3, -0.25) is 4.79 Å².